The van der Waals surface area contributed by atoms with E-state index in [1.807, 2.05) is 0 Å². The van der Waals surface area contributed by atoms with E-state index >= 15 is 0 Å². The zero-order chi connectivity index (χ0) is 29.5. The van der Waals surface area contributed by atoms with Gasteiger partial charge >= 0.3 is 0 Å². The minimum absolute atomic E-state index is 0.0629. The summed E-state index contributed by atoms with van der Waals surface area (Å²) in [6, 6.07) is 19.3. The Morgan fingerprint density at radius 2 is 1.71 bits per heavy atom. The first-order valence-corrected chi connectivity index (χ1v) is 14.0. The maximum Gasteiger partial charge on any atom is 0.261 e. The Morgan fingerprint density at radius 3 is 2.45 bits per heavy atom. The Bertz CT molecular complexity index is 1590. The highest BCUT2D eigenvalue weighted by molar-refractivity contribution is 6.30. The van der Waals surface area contributed by atoms with Gasteiger partial charge in [-0.25, -0.2) is 4.39 Å². The highest BCUT2D eigenvalue weighted by Gasteiger charge is 2.27. The third-order valence-corrected chi connectivity index (χ3v) is 7.31. The quantitative estimate of drug-likeness (QED) is 0.238. The van der Waals surface area contributed by atoms with Crippen LogP contribution < -0.4 is 10.2 Å². The van der Waals surface area contributed by atoms with Crippen LogP contribution in [-0.2, 0) is 27.4 Å². The van der Waals surface area contributed by atoms with Crippen molar-refractivity contribution in [3.05, 3.63) is 111 Å². The van der Waals surface area contributed by atoms with Crippen LogP contribution in [0.5, 0.6) is 5.75 Å². The monoisotopic (exact) mass is 592 g/mol. The molecule has 1 saturated heterocycles. The lowest BCUT2D eigenvalue weighted by atomic mass is 10.1. The van der Waals surface area contributed by atoms with Crippen LogP contribution in [0.1, 0.15) is 24.0 Å². The van der Waals surface area contributed by atoms with Crippen molar-refractivity contribution < 1.29 is 27.9 Å². The minimum atomic E-state index is -0.402. The van der Waals surface area contributed by atoms with Crippen molar-refractivity contribution >= 4 is 34.4 Å². The lowest BCUT2D eigenvalue weighted by molar-refractivity contribution is -0.143. The fourth-order valence-corrected chi connectivity index (χ4v) is 4.92. The number of ether oxygens (including phenoxy) is 2. The summed E-state index contributed by atoms with van der Waals surface area (Å²) in [5.41, 5.74) is 1.14. The molecular formula is C32H30ClFN2O6. The number of hydrogen-bond acceptors (Lipinski definition) is 6. The van der Waals surface area contributed by atoms with E-state index in [0.29, 0.717) is 33.9 Å². The summed E-state index contributed by atoms with van der Waals surface area (Å²) in [7, 11) is 0. The van der Waals surface area contributed by atoms with E-state index in [9.17, 15) is 18.8 Å². The predicted octanol–water partition coefficient (Wildman–Crippen LogP) is 5.20. The molecule has 5 rings (SSSR count). The first kappa shape index (κ1) is 29.3. The van der Waals surface area contributed by atoms with Gasteiger partial charge in [-0.1, -0.05) is 35.9 Å². The predicted molar refractivity (Wildman–Crippen MR) is 156 cm³/mol. The van der Waals surface area contributed by atoms with Crippen LogP contribution in [-0.4, -0.2) is 54.0 Å². The molecule has 1 aliphatic rings. The number of hydrogen-bond donors (Lipinski definition) is 0. The SMILES string of the molecule is O=C(CN(CC1CCCO1)C(=O)COc1ccc(Cl)cc1)N(Cc1ccc(F)cc1)Cc1coc2ccccc2c1=O. The van der Waals surface area contributed by atoms with Crippen molar-refractivity contribution in [2.45, 2.75) is 32.0 Å². The third kappa shape index (κ3) is 7.54. The smallest absolute Gasteiger partial charge is 0.261 e. The summed E-state index contributed by atoms with van der Waals surface area (Å²) >= 11 is 5.94. The van der Waals surface area contributed by atoms with Crippen molar-refractivity contribution in [3.8, 4) is 5.75 Å². The van der Waals surface area contributed by atoms with Gasteiger partial charge in [0.2, 0.25) is 5.91 Å². The van der Waals surface area contributed by atoms with Crippen LogP contribution >= 0.6 is 11.6 Å². The van der Waals surface area contributed by atoms with Crippen LogP contribution in [0.4, 0.5) is 4.39 Å². The van der Waals surface area contributed by atoms with Gasteiger partial charge in [-0.05, 0) is 66.9 Å². The number of amides is 2. The average Bonchev–Trinajstić information content (AvgIpc) is 3.52. The van der Waals surface area contributed by atoms with Gasteiger partial charge in [-0.3, -0.25) is 14.4 Å². The number of nitrogens with zero attached hydrogens (tertiary/aromatic N) is 2. The van der Waals surface area contributed by atoms with E-state index < -0.39 is 11.7 Å². The molecule has 0 saturated carbocycles. The first-order chi connectivity index (χ1) is 20.4. The van der Waals surface area contributed by atoms with Gasteiger partial charge in [0.1, 0.15) is 17.1 Å². The minimum Gasteiger partial charge on any atom is -0.484 e. The second-order valence-corrected chi connectivity index (χ2v) is 10.6. The Balaban J connectivity index is 1.37. The van der Waals surface area contributed by atoms with Crippen molar-refractivity contribution in [2.24, 2.45) is 0 Å². The van der Waals surface area contributed by atoms with Gasteiger partial charge in [0.05, 0.1) is 36.4 Å². The fourth-order valence-electron chi connectivity index (χ4n) is 4.79. The topological polar surface area (TPSA) is 89.3 Å². The summed E-state index contributed by atoms with van der Waals surface area (Å²) in [5, 5.41) is 0.944. The van der Waals surface area contributed by atoms with Gasteiger partial charge in [-0.15, -0.1) is 0 Å². The van der Waals surface area contributed by atoms with Crippen molar-refractivity contribution in [1.29, 1.82) is 0 Å². The third-order valence-electron chi connectivity index (χ3n) is 7.05. The summed E-state index contributed by atoms with van der Waals surface area (Å²) in [4.78, 5) is 43.3. The average molecular weight is 593 g/mol. The van der Waals surface area contributed by atoms with Gasteiger partial charge in [0, 0.05) is 24.7 Å². The molecule has 1 aliphatic heterocycles. The Morgan fingerprint density at radius 1 is 0.952 bits per heavy atom. The number of carbonyl (C=O) groups excluding carboxylic acids is 2. The molecule has 1 aromatic heterocycles. The molecule has 1 fully saturated rings. The molecule has 42 heavy (non-hydrogen) atoms. The van der Waals surface area contributed by atoms with Crippen LogP contribution in [0, 0.1) is 5.82 Å². The van der Waals surface area contributed by atoms with E-state index in [2.05, 4.69) is 0 Å². The molecule has 1 unspecified atom stereocenters. The van der Waals surface area contributed by atoms with Crippen LogP contribution in [0.2, 0.25) is 5.02 Å². The fraction of sp³-hybridized carbons (Fsp3) is 0.281. The van der Waals surface area contributed by atoms with Gasteiger partial charge in [0.25, 0.3) is 5.91 Å². The normalized spacial score (nSPS) is 14.6. The summed E-state index contributed by atoms with van der Waals surface area (Å²) < 4.78 is 30.7. The number of benzene rings is 3. The molecule has 0 aliphatic carbocycles. The highest BCUT2D eigenvalue weighted by atomic mass is 35.5. The van der Waals surface area contributed by atoms with Gasteiger partial charge < -0.3 is 23.7 Å². The van der Waals surface area contributed by atoms with E-state index in [0.717, 1.165) is 12.8 Å². The number of para-hydroxylation sites is 1. The molecule has 0 N–H and O–H groups in total. The molecule has 8 nitrogen and oxygen atoms in total. The van der Waals surface area contributed by atoms with E-state index in [-0.39, 0.29) is 55.8 Å². The maximum atomic E-state index is 13.8. The molecule has 0 spiro atoms. The molecule has 3 aromatic carbocycles. The van der Waals surface area contributed by atoms with Crippen molar-refractivity contribution in [3.63, 3.8) is 0 Å². The molecular weight excluding hydrogens is 563 g/mol. The van der Waals surface area contributed by atoms with Crippen molar-refractivity contribution in [1.82, 2.24) is 9.80 Å². The molecule has 0 bridgehead atoms. The van der Waals surface area contributed by atoms with E-state index in [1.54, 1.807) is 60.7 Å². The van der Waals surface area contributed by atoms with Gasteiger partial charge in [-0.2, -0.15) is 0 Å². The van der Waals surface area contributed by atoms with Gasteiger partial charge in [0.15, 0.2) is 12.0 Å². The number of fused-ring (bicyclic) bond motifs is 1. The molecule has 0 radical (unpaired) electrons. The molecule has 10 heteroatoms. The lowest BCUT2D eigenvalue weighted by Crippen LogP contribution is -2.47. The molecule has 2 amide bonds. The lowest BCUT2D eigenvalue weighted by Gasteiger charge is -2.29. The van der Waals surface area contributed by atoms with E-state index in [1.165, 1.54) is 28.2 Å². The Kier molecular flexibility index (Phi) is 9.51. The van der Waals surface area contributed by atoms with Crippen molar-refractivity contribution in [2.75, 3.05) is 26.3 Å². The molecule has 1 atom stereocenters. The second-order valence-electron chi connectivity index (χ2n) is 10.1. The Hall–Kier alpha value is -4.21. The van der Waals surface area contributed by atoms with E-state index in [4.69, 9.17) is 25.5 Å². The number of halogens is 2. The molecule has 218 valence electrons. The zero-order valence-electron chi connectivity index (χ0n) is 22.8. The zero-order valence-corrected chi connectivity index (χ0v) is 23.6. The summed E-state index contributed by atoms with van der Waals surface area (Å²) in [5.74, 6) is -0.719. The summed E-state index contributed by atoms with van der Waals surface area (Å²) in [6.45, 7) is 0.297. The number of rotatable bonds is 11. The second kappa shape index (κ2) is 13.6. The van der Waals surface area contributed by atoms with Crippen LogP contribution in [0.3, 0.4) is 0 Å². The summed E-state index contributed by atoms with van der Waals surface area (Å²) in [6.07, 6.45) is 2.80. The maximum absolute atomic E-state index is 13.8. The Labute approximate surface area is 247 Å². The first-order valence-electron chi connectivity index (χ1n) is 13.6. The largest absolute Gasteiger partial charge is 0.484 e. The standard InChI is InChI=1S/C32H30ClFN2O6/c33-24-9-13-26(14-10-24)41-21-31(38)36(18-27-4-3-15-40-27)19-30(37)35(16-22-7-11-25(34)12-8-22)17-23-20-42-29-6-2-1-5-28(29)32(23)39/h1-2,5-14,20,27H,3-4,15-19,21H2. The molecule has 2 heterocycles. The molecule has 4 aromatic rings. The highest BCUT2D eigenvalue weighted by Crippen LogP contribution is 2.18. The van der Waals surface area contributed by atoms with Crippen LogP contribution in [0.25, 0.3) is 11.0 Å². The number of carbonyl (C=O) groups is 2. The van der Waals surface area contributed by atoms with Crippen LogP contribution in [0.15, 0.2) is 88.3 Å².